The lowest BCUT2D eigenvalue weighted by molar-refractivity contribution is 0.595. The highest BCUT2D eigenvalue weighted by Gasteiger charge is 2.36. The van der Waals surface area contributed by atoms with Gasteiger partial charge in [-0.15, -0.1) is 0 Å². The average molecular weight is 789 g/mol. The van der Waals surface area contributed by atoms with Crippen molar-refractivity contribution in [2.75, 3.05) is 0 Å². The number of benzene rings is 6. The third kappa shape index (κ3) is 7.81. The van der Waals surface area contributed by atoms with E-state index in [1.165, 1.54) is 45.4 Å². The van der Waals surface area contributed by atoms with Gasteiger partial charge in [0.25, 0.3) is 0 Å². The third-order valence-corrected chi connectivity index (χ3v) is 12.4. The molecule has 0 aromatic heterocycles. The molecule has 4 nitrogen and oxygen atoms in total. The van der Waals surface area contributed by atoms with Crippen molar-refractivity contribution in [3.63, 3.8) is 0 Å². The summed E-state index contributed by atoms with van der Waals surface area (Å²) < 4.78 is 0. The van der Waals surface area contributed by atoms with Crippen LogP contribution in [0.3, 0.4) is 0 Å². The number of nitrogens with one attached hydrogen (secondary N) is 3. The fourth-order valence-electron chi connectivity index (χ4n) is 9.30. The van der Waals surface area contributed by atoms with E-state index >= 15 is 0 Å². The van der Waals surface area contributed by atoms with Crippen LogP contribution in [0, 0.1) is 17.2 Å². The Kier molecular flexibility index (Phi) is 10.6. The summed E-state index contributed by atoms with van der Waals surface area (Å²) in [5.41, 5.74) is 18.0. The minimum atomic E-state index is -0.265. The first kappa shape index (κ1) is 37.9. The molecule has 6 aromatic rings. The van der Waals surface area contributed by atoms with Crippen LogP contribution < -0.4 is 10.6 Å². The molecule has 4 heteroatoms. The van der Waals surface area contributed by atoms with E-state index in [0.717, 1.165) is 69.9 Å². The summed E-state index contributed by atoms with van der Waals surface area (Å²) in [7, 11) is 0. The van der Waals surface area contributed by atoms with Gasteiger partial charge in [0.2, 0.25) is 0 Å². The van der Waals surface area contributed by atoms with Crippen LogP contribution in [-0.2, 0) is 0 Å². The van der Waals surface area contributed by atoms with Gasteiger partial charge in [-0.2, -0.15) is 0 Å². The first-order valence-electron chi connectivity index (χ1n) is 21.5. The van der Waals surface area contributed by atoms with Crippen molar-refractivity contribution >= 4 is 28.9 Å². The Morgan fingerprint density at radius 1 is 0.574 bits per heavy atom. The number of hydrogen-bond acceptors (Lipinski definition) is 4. The Hall–Kier alpha value is -7.30. The molecule has 2 aliphatic carbocycles. The summed E-state index contributed by atoms with van der Waals surface area (Å²) in [5, 5.41) is 16.4. The molecule has 2 aliphatic heterocycles. The number of allylic oxidation sites excluding steroid dienone is 9. The fourth-order valence-corrected chi connectivity index (χ4v) is 9.30. The van der Waals surface area contributed by atoms with Gasteiger partial charge in [-0.3, -0.25) is 4.99 Å². The van der Waals surface area contributed by atoms with Gasteiger partial charge in [-0.1, -0.05) is 176 Å². The van der Waals surface area contributed by atoms with Gasteiger partial charge in [0.1, 0.15) is 6.17 Å². The summed E-state index contributed by atoms with van der Waals surface area (Å²) >= 11 is 0. The largest absolute Gasteiger partial charge is 0.360 e. The molecular formula is C57H48N4. The van der Waals surface area contributed by atoms with Gasteiger partial charge in [-0.25, -0.2) is 0 Å². The maximum atomic E-state index is 8.64. The zero-order valence-corrected chi connectivity index (χ0v) is 34.1. The normalized spacial score (nSPS) is 20.3. The Balaban J connectivity index is 1.08. The first-order chi connectivity index (χ1) is 30.2. The summed E-state index contributed by atoms with van der Waals surface area (Å²) in [5.74, 6) is 0.187. The molecule has 0 fully saturated rings. The van der Waals surface area contributed by atoms with Crippen molar-refractivity contribution in [3.8, 4) is 22.3 Å². The van der Waals surface area contributed by atoms with E-state index in [1.807, 2.05) is 0 Å². The molecule has 3 N–H and O–H groups in total. The van der Waals surface area contributed by atoms with E-state index in [2.05, 4.69) is 211 Å². The second-order valence-corrected chi connectivity index (χ2v) is 16.2. The fraction of sp³-hybridized carbons (Fsp3) is 0.123. The highest BCUT2D eigenvalue weighted by Crippen LogP contribution is 2.46. The number of hydrogen-bond donors (Lipinski definition) is 3. The molecule has 6 aromatic carbocycles. The topological polar surface area (TPSA) is 60.3 Å². The molecular weight excluding hydrogens is 741 g/mol. The quantitative estimate of drug-likeness (QED) is 0.128. The summed E-state index contributed by atoms with van der Waals surface area (Å²) in [6, 6.07) is 58.3. The zero-order chi connectivity index (χ0) is 41.0. The molecule has 10 rings (SSSR count). The van der Waals surface area contributed by atoms with Crippen molar-refractivity contribution in [2.24, 2.45) is 16.8 Å². The van der Waals surface area contributed by atoms with E-state index in [-0.39, 0.29) is 18.0 Å². The number of fused-ring (bicyclic) bond motifs is 1. The lowest BCUT2D eigenvalue weighted by Crippen LogP contribution is -2.34. The smallest absolute Gasteiger partial charge is 0.145 e. The minimum absolute atomic E-state index is 0.0879. The van der Waals surface area contributed by atoms with Crippen LogP contribution in [0.1, 0.15) is 59.7 Å². The molecule has 0 bridgehead atoms. The Bertz CT molecular complexity index is 2730. The van der Waals surface area contributed by atoms with Crippen LogP contribution in [0.25, 0.3) is 39.2 Å². The van der Waals surface area contributed by atoms with E-state index in [9.17, 15) is 0 Å². The average Bonchev–Trinajstić information content (AvgIpc) is 3.35. The van der Waals surface area contributed by atoms with E-state index in [0.29, 0.717) is 0 Å². The van der Waals surface area contributed by atoms with Gasteiger partial charge >= 0.3 is 0 Å². The summed E-state index contributed by atoms with van der Waals surface area (Å²) in [6.07, 6.45) is 19.3. The molecule has 0 amide bonds. The van der Waals surface area contributed by atoms with Crippen molar-refractivity contribution in [3.05, 3.63) is 245 Å². The van der Waals surface area contributed by atoms with Gasteiger partial charge in [-0.05, 0) is 111 Å². The lowest BCUT2D eigenvalue weighted by atomic mass is 9.72. The molecule has 0 radical (unpaired) electrons. The lowest BCUT2D eigenvalue weighted by Gasteiger charge is -2.39. The van der Waals surface area contributed by atoms with Crippen LogP contribution in [-0.4, -0.2) is 11.9 Å². The molecule has 0 saturated carbocycles. The van der Waals surface area contributed by atoms with Crippen LogP contribution in [0.4, 0.5) is 0 Å². The molecule has 0 saturated heterocycles. The number of rotatable bonds is 9. The summed E-state index contributed by atoms with van der Waals surface area (Å²) in [6.45, 7) is 0. The maximum absolute atomic E-state index is 8.64. The van der Waals surface area contributed by atoms with Crippen molar-refractivity contribution in [1.82, 2.24) is 10.6 Å². The van der Waals surface area contributed by atoms with Crippen LogP contribution in [0.5, 0.6) is 0 Å². The van der Waals surface area contributed by atoms with Crippen LogP contribution >= 0.6 is 0 Å². The van der Waals surface area contributed by atoms with E-state index in [4.69, 9.17) is 10.4 Å². The highest BCUT2D eigenvalue weighted by molar-refractivity contribution is 6.13. The zero-order valence-electron chi connectivity index (χ0n) is 34.1. The number of aliphatic imine (C=N–C) groups is 1. The van der Waals surface area contributed by atoms with Gasteiger partial charge in [0.15, 0.2) is 0 Å². The standard InChI is InChI=1S/C57H48N4/c58-38-51(41-22-10-3-11-23-41)56-50-29-17-16-28-49(50)54(55(61-56)44-24-12-4-13-25-44)43-32-30-42(31-33-43)52-37-53(60-57(59-52)45-26-14-5-15-27-45)48-35-46(39-18-6-1-7-19-39)34-47(36-48)40-20-8-2-9-21-40/h1-2,4-9,12-22,24-38,49-50,57-58,60-61H,3,10-11,23H2/b56-51+,58-38?. The van der Waals surface area contributed by atoms with E-state index in [1.54, 1.807) is 6.21 Å². The second kappa shape index (κ2) is 17.1. The second-order valence-electron chi connectivity index (χ2n) is 16.2. The summed E-state index contributed by atoms with van der Waals surface area (Å²) in [4.78, 5) is 5.36. The van der Waals surface area contributed by atoms with Crippen molar-refractivity contribution in [2.45, 2.75) is 31.8 Å². The van der Waals surface area contributed by atoms with Crippen molar-refractivity contribution in [1.29, 1.82) is 5.41 Å². The third-order valence-electron chi connectivity index (χ3n) is 12.4. The Morgan fingerprint density at radius 3 is 1.75 bits per heavy atom. The van der Waals surface area contributed by atoms with Gasteiger partial charge in [0.05, 0.1) is 11.4 Å². The monoisotopic (exact) mass is 788 g/mol. The Morgan fingerprint density at radius 2 is 1.15 bits per heavy atom. The van der Waals surface area contributed by atoms with Gasteiger partial charge < -0.3 is 16.0 Å². The minimum Gasteiger partial charge on any atom is -0.360 e. The first-order valence-corrected chi connectivity index (χ1v) is 21.5. The van der Waals surface area contributed by atoms with Crippen LogP contribution in [0.15, 0.2) is 222 Å². The molecule has 0 spiro atoms. The van der Waals surface area contributed by atoms with E-state index < -0.39 is 0 Å². The number of nitrogens with zero attached hydrogens (tertiary/aromatic N) is 1. The van der Waals surface area contributed by atoms with Gasteiger partial charge in [0, 0.05) is 35.0 Å². The molecule has 3 unspecified atom stereocenters. The SMILES string of the molecule is N=C/C(C1=CCCCC1)=C1\NC(c2ccccc2)=C(c2ccc(C3=NC(c4ccccc4)NC(c4cc(-c5ccccc5)cc(-c5ccccc5)c4)=C3)cc2)C2C=CC=CC12. The predicted molar refractivity (Wildman–Crippen MR) is 255 cm³/mol. The maximum Gasteiger partial charge on any atom is 0.145 e. The highest BCUT2D eigenvalue weighted by atomic mass is 15.1. The van der Waals surface area contributed by atoms with Crippen molar-refractivity contribution < 1.29 is 0 Å². The molecule has 2 heterocycles. The Labute approximate surface area is 359 Å². The predicted octanol–water partition coefficient (Wildman–Crippen LogP) is 13.4. The molecule has 296 valence electrons. The van der Waals surface area contributed by atoms with Crippen LogP contribution in [0.2, 0.25) is 0 Å². The molecule has 4 aliphatic rings. The molecule has 3 atom stereocenters. The molecule has 61 heavy (non-hydrogen) atoms.